The predicted molar refractivity (Wildman–Crippen MR) is 38.6 cm³/mol. The van der Waals surface area contributed by atoms with Gasteiger partial charge >= 0.3 is 0 Å². The Hall–Kier alpha value is -1.58. The maximum atomic E-state index is 10.9. The molecular weight excluding hydrogens is 144 g/mol. The second-order valence-corrected chi connectivity index (χ2v) is 2.22. The van der Waals surface area contributed by atoms with Crippen molar-refractivity contribution in [1.29, 1.82) is 5.41 Å². The molecule has 0 radical (unpaired) electrons. The van der Waals surface area contributed by atoms with Crippen molar-refractivity contribution in [3.63, 3.8) is 0 Å². The molecule has 0 unspecified atom stereocenters. The van der Waals surface area contributed by atoms with Crippen LogP contribution in [0.4, 0.5) is 0 Å². The lowest BCUT2D eigenvalue weighted by atomic mass is 10.2. The van der Waals surface area contributed by atoms with Crippen LogP contribution in [0, 0.1) is 12.3 Å². The molecule has 11 heavy (non-hydrogen) atoms. The van der Waals surface area contributed by atoms with E-state index in [1.54, 1.807) is 6.92 Å². The highest BCUT2D eigenvalue weighted by Gasteiger charge is 1.96. The summed E-state index contributed by atoms with van der Waals surface area (Å²) in [7, 11) is 0. The van der Waals surface area contributed by atoms with Crippen molar-refractivity contribution in [2.75, 3.05) is 0 Å². The lowest BCUT2D eigenvalue weighted by molar-refractivity contribution is -0.214. The summed E-state index contributed by atoms with van der Waals surface area (Å²) in [4.78, 5) is 13.6. The number of aromatic nitrogens is 1. The zero-order chi connectivity index (χ0) is 8.43. The van der Waals surface area contributed by atoms with E-state index in [4.69, 9.17) is 5.41 Å². The largest absolute Gasteiger partial charge is 0.859 e. The predicted octanol–water partition coefficient (Wildman–Crippen LogP) is -0.631. The number of aromatic amines is 1. The zero-order valence-corrected chi connectivity index (χ0v) is 5.97. The van der Waals surface area contributed by atoms with E-state index in [9.17, 15) is 9.90 Å². The Bertz CT molecular complexity index is 341. The summed E-state index contributed by atoms with van der Waals surface area (Å²) in [6.45, 7) is 1.71. The van der Waals surface area contributed by atoms with Crippen molar-refractivity contribution < 1.29 is 5.11 Å². The normalized spacial score (nSPS) is 9.55. The average molecular weight is 151 g/mol. The van der Waals surface area contributed by atoms with Crippen molar-refractivity contribution in [2.24, 2.45) is 0 Å². The van der Waals surface area contributed by atoms with Gasteiger partial charge in [-0.2, -0.15) is 0 Å². The second kappa shape index (κ2) is 2.57. The molecule has 0 aliphatic carbocycles. The van der Waals surface area contributed by atoms with Crippen molar-refractivity contribution in [3.05, 3.63) is 33.7 Å². The maximum absolute atomic E-state index is 10.9. The first-order valence-corrected chi connectivity index (χ1v) is 3.06. The fourth-order valence-electron chi connectivity index (χ4n) is 0.751. The minimum atomic E-state index is -0.953. The average Bonchev–Trinajstić information content (AvgIpc) is 1.85. The van der Waals surface area contributed by atoms with E-state index >= 15 is 0 Å². The van der Waals surface area contributed by atoms with Crippen molar-refractivity contribution in [3.8, 4) is 0 Å². The highest BCUT2D eigenvalue weighted by molar-refractivity contribution is 5.87. The molecule has 4 nitrogen and oxygen atoms in total. The number of pyridine rings is 1. The molecule has 0 aliphatic heterocycles. The fraction of sp³-hybridized carbons (Fsp3) is 0.143. The Morgan fingerprint density at radius 1 is 1.73 bits per heavy atom. The molecule has 1 rings (SSSR count). The van der Waals surface area contributed by atoms with E-state index in [1.807, 2.05) is 0 Å². The number of H-pyrrole nitrogens is 1. The first kappa shape index (κ1) is 7.53. The molecule has 2 N–H and O–H groups in total. The number of aryl methyl sites for hydroxylation is 1. The van der Waals surface area contributed by atoms with E-state index in [0.29, 0.717) is 5.69 Å². The highest BCUT2D eigenvalue weighted by Crippen LogP contribution is 1.89. The van der Waals surface area contributed by atoms with Gasteiger partial charge in [0.1, 0.15) is 0 Å². The van der Waals surface area contributed by atoms with Gasteiger partial charge in [-0.3, -0.25) is 4.79 Å². The molecule has 0 fully saturated rings. The van der Waals surface area contributed by atoms with Gasteiger partial charge in [-0.15, -0.1) is 0 Å². The lowest BCUT2D eigenvalue weighted by Gasteiger charge is -2.05. The van der Waals surface area contributed by atoms with Crippen LogP contribution in [0.5, 0.6) is 0 Å². The number of rotatable bonds is 1. The van der Waals surface area contributed by atoms with Crippen LogP contribution in [-0.4, -0.2) is 10.9 Å². The molecule has 0 saturated carbocycles. The Balaban J connectivity index is 3.32. The molecule has 58 valence electrons. The number of nitrogens with one attached hydrogen (secondary N) is 2. The quantitative estimate of drug-likeness (QED) is 0.414. The third-order valence-electron chi connectivity index (χ3n) is 1.30. The molecule has 1 aromatic heterocycles. The van der Waals surface area contributed by atoms with Gasteiger partial charge in [0, 0.05) is 23.5 Å². The Morgan fingerprint density at radius 2 is 2.36 bits per heavy atom. The summed E-state index contributed by atoms with van der Waals surface area (Å²) in [6.07, 6.45) is 1.26. The molecule has 4 heteroatoms. The van der Waals surface area contributed by atoms with E-state index in [1.165, 1.54) is 12.3 Å². The van der Waals surface area contributed by atoms with E-state index in [-0.39, 0.29) is 5.56 Å². The van der Waals surface area contributed by atoms with E-state index in [0.717, 1.165) is 0 Å². The summed E-state index contributed by atoms with van der Waals surface area (Å²) in [5.41, 5.74) is 0.164. The zero-order valence-electron chi connectivity index (χ0n) is 5.97. The Kier molecular flexibility index (Phi) is 1.76. The van der Waals surface area contributed by atoms with Crippen LogP contribution in [0.3, 0.4) is 0 Å². The van der Waals surface area contributed by atoms with Gasteiger partial charge in [0.05, 0.1) is 0 Å². The minimum Gasteiger partial charge on any atom is -0.859 e. The minimum absolute atomic E-state index is 0.115. The van der Waals surface area contributed by atoms with Gasteiger partial charge in [-0.25, -0.2) is 0 Å². The standard InChI is InChI=1S/C7H8N2O2/c1-4-2-6(10)5(3-9-4)7(8)11/h2-3H,1H3,(H2,8,11)(H,9,10)/p-1. The molecule has 0 spiro atoms. The van der Waals surface area contributed by atoms with Crippen LogP contribution < -0.4 is 10.5 Å². The summed E-state index contributed by atoms with van der Waals surface area (Å²) in [6, 6.07) is 1.29. The monoisotopic (exact) mass is 151 g/mol. The molecular formula is C7H7N2O2-. The van der Waals surface area contributed by atoms with Gasteiger partial charge in [-0.1, -0.05) is 0 Å². The first-order chi connectivity index (χ1) is 5.11. The van der Waals surface area contributed by atoms with Crippen molar-refractivity contribution in [1.82, 2.24) is 4.98 Å². The highest BCUT2D eigenvalue weighted by atomic mass is 16.3. The molecule has 1 aromatic rings. The third-order valence-corrected chi connectivity index (χ3v) is 1.30. The Labute approximate surface area is 63.0 Å². The SMILES string of the molecule is Cc1cc(=O)c(C(=N)[O-])c[nH]1. The lowest BCUT2D eigenvalue weighted by Crippen LogP contribution is -2.25. The molecule has 0 amide bonds. The van der Waals surface area contributed by atoms with Crippen LogP contribution in [0.15, 0.2) is 17.1 Å². The molecule has 0 saturated heterocycles. The summed E-state index contributed by atoms with van der Waals surface area (Å²) < 4.78 is 0. The summed E-state index contributed by atoms with van der Waals surface area (Å²) in [5.74, 6) is -0.953. The van der Waals surface area contributed by atoms with E-state index < -0.39 is 11.3 Å². The van der Waals surface area contributed by atoms with Crippen LogP contribution in [0.25, 0.3) is 0 Å². The van der Waals surface area contributed by atoms with Gasteiger partial charge in [0.25, 0.3) is 0 Å². The second-order valence-electron chi connectivity index (χ2n) is 2.22. The molecule has 0 bridgehead atoms. The summed E-state index contributed by atoms with van der Waals surface area (Å²) >= 11 is 0. The topological polar surface area (TPSA) is 79.8 Å². The molecule has 1 heterocycles. The van der Waals surface area contributed by atoms with E-state index in [2.05, 4.69) is 4.98 Å². The molecule has 0 aromatic carbocycles. The van der Waals surface area contributed by atoms with Gasteiger partial charge in [-0.05, 0) is 12.8 Å². The fourth-order valence-corrected chi connectivity index (χ4v) is 0.751. The smallest absolute Gasteiger partial charge is 0.189 e. The summed E-state index contributed by atoms with van der Waals surface area (Å²) in [5, 5.41) is 17.1. The first-order valence-electron chi connectivity index (χ1n) is 3.06. The van der Waals surface area contributed by atoms with Crippen molar-refractivity contribution >= 4 is 5.90 Å². The van der Waals surface area contributed by atoms with Crippen LogP contribution in [-0.2, 0) is 0 Å². The van der Waals surface area contributed by atoms with Crippen LogP contribution in [0.2, 0.25) is 0 Å². The number of hydrogen-bond donors (Lipinski definition) is 2. The van der Waals surface area contributed by atoms with Gasteiger partial charge < -0.3 is 15.5 Å². The maximum Gasteiger partial charge on any atom is 0.189 e. The van der Waals surface area contributed by atoms with Crippen LogP contribution >= 0.6 is 0 Å². The number of hydrogen-bond acceptors (Lipinski definition) is 3. The van der Waals surface area contributed by atoms with Crippen molar-refractivity contribution in [2.45, 2.75) is 6.92 Å². The van der Waals surface area contributed by atoms with Gasteiger partial charge in [0.15, 0.2) is 5.43 Å². The van der Waals surface area contributed by atoms with Gasteiger partial charge in [0.2, 0.25) is 0 Å². The molecule has 0 atom stereocenters. The van der Waals surface area contributed by atoms with Crippen LogP contribution in [0.1, 0.15) is 11.3 Å². The molecule has 0 aliphatic rings. The third kappa shape index (κ3) is 1.46. The Morgan fingerprint density at radius 3 is 2.82 bits per heavy atom.